The van der Waals surface area contributed by atoms with Crippen molar-refractivity contribution in [3.63, 3.8) is 0 Å². The van der Waals surface area contributed by atoms with Gasteiger partial charge in [-0.05, 0) is 6.42 Å². The van der Waals surface area contributed by atoms with Crippen LogP contribution in [0.3, 0.4) is 0 Å². The van der Waals surface area contributed by atoms with Crippen LogP contribution in [0.5, 0.6) is 0 Å². The molecule has 0 aliphatic carbocycles. The molecule has 4 heteroatoms. The van der Waals surface area contributed by atoms with E-state index in [1.165, 1.54) is 6.66 Å². The van der Waals surface area contributed by atoms with Gasteiger partial charge in [0.15, 0.2) is 8.03 Å². The molecule has 0 aromatic heterocycles. The molecule has 0 aliphatic heterocycles. The second-order valence-corrected chi connectivity index (χ2v) is 2.69. The van der Waals surface area contributed by atoms with Gasteiger partial charge in [-0.25, -0.2) is 0 Å². The van der Waals surface area contributed by atoms with Gasteiger partial charge >= 0.3 is 0 Å². The lowest BCUT2D eigenvalue weighted by Gasteiger charge is -1.94. The highest BCUT2D eigenvalue weighted by molar-refractivity contribution is 7.38. The minimum Gasteiger partial charge on any atom is -0.396 e. The first-order valence-electron chi connectivity index (χ1n) is 2.51. The molecule has 0 rings (SSSR count). The Labute approximate surface area is 49.5 Å². The first-order chi connectivity index (χ1) is 3.77. The van der Waals surface area contributed by atoms with Crippen LogP contribution >= 0.6 is 8.03 Å². The van der Waals surface area contributed by atoms with Crippen molar-refractivity contribution in [2.24, 2.45) is 0 Å². The van der Waals surface area contributed by atoms with Crippen molar-refractivity contribution in [1.82, 2.24) is 0 Å². The summed E-state index contributed by atoms with van der Waals surface area (Å²) in [4.78, 5) is 0. The van der Waals surface area contributed by atoms with Gasteiger partial charge in [0.25, 0.3) is 0 Å². The Bertz CT molecular complexity index is 73.7. The molecular weight excluding hydrogens is 127 g/mol. The molecule has 8 heavy (non-hydrogen) atoms. The molecule has 0 aliphatic rings. The zero-order valence-electron chi connectivity index (χ0n) is 4.89. The van der Waals surface area contributed by atoms with E-state index in [0.717, 1.165) is 0 Å². The third kappa shape index (κ3) is 6.15. The molecule has 0 aromatic carbocycles. The van der Waals surface area contributed by atoms with E-state index in [2.05, 4.69) is 4.52 Å². The standard InChI is InChI=1S/C4H11O3P/c1-8(6)7-4-2-3-5/h5,8H,2-4H2,1H3. The largest absolute Gasteiger partial charge is 0.396 e. The van der Waals surface area contributed by atoms with Crippen molar-refractivity contribution in [1.29, 1.82) is 0 Å². The number of hydrogen-bond acceptors (Lipinski definition) is 3. The molecule has 0 saturated carbocycles. The molecule has 0 radical (unpaired) electrons. The van der Waals surface area contributed by atoms with Crippen molar-refractivity contribution in [2.75, 3.05) is 19.9 Å². The number of aliphatic hydroxyl groups excluding tert-OH is 1. The highest BCUT2D eigenvalue weighted by atomic mass is 31.1. The fraction of sp³-hybridized carbons (Fsp3) is 1.00. The van der Waals surface area contributed by atoms with Gasteiger partial charge in [0.05, 0.1) is 6.61 Å². The maximum atomic E-state index is 10.2. The third-order valence-electron chi connectivity index (χ3n) is 0.608. The minimum absolute atomic E-state index is 0.106. The highest BCUT2D eigenvalue weighted by Crippen LogP contribution is 2.14. The normalized spacial score (nSPS) is 13.8. The fourth-order valence-corrected chi connectivity index (χ4v) is 0.712. The molecule has 1 unspecified atom stereocenters. The quantitative estimate of drug-likeness (QED) is 0.454. The van der Waals surface area contributed by atoms with Crippen molar-refractivity contribution in [3.05, 3.63) is 0 Å². The molecule has 0 fully saturated rings. The molecule has 0 heterocycles. The highest BCUT2D eigenvalue weighted by Gasteiger charge is 1.86. The van der Waals surface area contributed by atoms with Crippen LogP contribution in [0.2, 0.25) is 0 Å². The van der Waals surface area contributed by atoms with Gasteiger partial charge in [-0.1, -0.05) is 0 Å². The summed E-state index contributed by atoms with van der Waals surface area (Å²) in [5.74, 6) is 0. The molecule has 0 amide bonds. The van der Waals surface area contributed by atoms with Crippen LogP contribution in [0.15, 0.2) is 0 Å². The van der Waals surface area contributed by atoms with E-state index in [1.54, 1.807) is 0 Å². The summed E-state index contributed by atoms with van der Waals surface area (Å²) in [5.41, 5.74) is 0. The third-order valence-corrected chi connectivity index (χ3v) is 1.22. The average Bonchev–Trinajstić information content (AvgIpc) is 1.66. The zero-order valence-corrected chi connectivity index (χ0v) is 5.89. The summed E-state index contributed by atoms with van der Waals surface area (Å²) >= 11 is 0. The molecular formula is C4H11O3P. The smallest absolute Gasteiger partial charge is 0.188 e. The SMILES string of the molecule is C[PH](=O)OCCCO. The van der Waals surface area contributed by atoms with Gasteiger partial charge in [-0.3, -0.25) is 4.57 Å². The van der Waals surface area contributed by atoms with Gasteiger partial charge in [0.2, 0.25) is 0 Å². The molecule has 50 valence electrons. The van der Waals surface area contributed by atoms with E-state index in [1.807, 2.05) is 0 Å². The summed E-state index contributed by atoms with van der Waals surface area (Å²) in [7, 11) is -1.77. The molecule has 0 bridgehead atoms. The summed E-state index contributed by atoms with van der Waals surface area (Å²) in [5, 5.41) is 8.21. The summed E-state index contributed by atoms with van der Waals surface area (Å²) in [6.45, 7) is 2.04. The molecule has 1 atom stereocenters. The van der Waals surface area contributed by atoms with Gasteiger partial charge in [-0.15, -0.1) is 0 Å². The maximum Gasteiger partial charge on any atom is 0.188 e. The van der Waals surface area contributed by atoms with Crippen molar-refractivity contribution in [3.8, 4) is 0 Å². The maximum absolute atomic E-state index is 10.2. The van der Waals surface area contributed by atoms with Gasteiger partial charge in [-0.2, -0.15) is 0 Å². The molecule has 0 aromatic rings. The molecule has 1 N–H and O–H groups in total. The minimum atomic E-state index is -1.77. The van der Waals surface area contributed by atoms with Gasteiger partial charge in [0, 0.05) is 13.3 Å². The Hall–Kier alpha value is 0.150. The zero-order chi connectivity index (χ0) is 6.41. The van der Waals surface area contributed by atoms with Crippen molar-refractivity contribution in [2.45, 2.75) is 6.42 Å². The number of rotatable bonds is 4. The van der Waals surface area contributed by atoms with E-state index in [0.29, 0.717) is 13.0 Å². The van der Waals surface area contributed by atoms with Crippen LogP contribution in [0.1, 0.15) is 6.42 Å². The summed E-state index contributed by atoms with van der Waals surface area (Å²) < 4.78 is 14.9. The monoisotopic (exact) mass is 138 g/mol. The van der Waals surface area contributed by atoms with Crippen molar-refractivity contribution < 1.29 is 14.2 Å². The Kier molecular flexibility index (Phi) is 5.39. The second-order valence-electron chi connectivity index (χ2n) is 1.42. The number of aliphatic hydroxyl groups is 1. The van der Waals surface area contributed by atoms with Crippen molar-refractivity contribution >= 4 is 8.03 Å². The molecule has 3 nitrogen and oxygen atoms in total. The van der Waals surface area contributed by atoms with Crippen LogP contribution < -0.4 is 0 Å². The topological polar surface area (TPSA) is 46.5 Å². The predicted octanol–water partition coefficient (Wildman–Crippen LogP) is 0.490. The number of hydrogen-bond donors (Lipinski definition) is 1. The van der Waals surface area contributed by atoms with E-state index in [-0.39, 0.29) is 6.61 Å². The Morgan fingerprint density at radius 3 is 2.75 bits per heavy atom. The molecule has 0 saturated heterocycles. The van der Waals surface area contributed by atoms with E-state index >= 15 is 0 Å². The van der Waals surface area contributed by atoms with Gasteiger partial charge < -0.3 is 9.63 Å². The van der Waals surface area contributed by atoms with Crippen LogP contribution in [-0.2, 0) is 9.09 Å². The lowest BCUT2D eigenvalue weighted by Crippen LogP contribution is -1.89. The van der Waals surface area contributed by atoms with Crippen LogP contribution in [0, 0.1) is 0 Å². The predicted molar refractivity (Wildman–Crippen MR) is 32.6 cm³/mol. The summed E-state index contributed by atoms with van der Waals surface area (Å²) in [6, 6.07) is 0. The first kappa shape index (κ1) is 8.15. The lowest BCUT2D eigenvalue weighted by molar-refractivity contribution is 0.240. The van der Waals surface area contributed by atoms with E-state index in [4.69, 9.17) is 5.11 Å². The van der Waals surface area contributed by atoms with E-state index in [9.17, 15) is 4.57 Å². The summed E-state index contributed by atoms with van der Waals surface area (Å²) in [6.07, 6.45) is 0.574. The van der Waals surface area contributed by atoms with Crippen LogP contribution in [0.4, 0.5) is 0 Å². The first-order valence-corrected chi connectivity index (χ1v) is 4.33. The Morgan fingerprint density at radius 1 is 1.75 bits per heavy atom. The Balaban J connectivity index is 2.82. The van der Waals surface area contributed by atoms with Gasteiger partial charge in [0.1, 0.15) is 0 Å². The average molecular weight is 138 g/mol. The second kappa shape index (κ2) is 5.29. The Morgan fingerprint density at radius 2 is 2.38 bits per heavy atom. The molecule has 0 spiro atoms. The van der Waals surface area contributed by atoms with Crippen LogP contribution in [-0.4, -0.2) is 25.0 Å². The van der Waals surface area contributed by atoms with E-state index < -0.39 is 8.03 Å². The van der Waals surface area contributed by atoms with Crippen LogP contribution in [0.25, 0.3) is 0 Å². The fourth-order valence-electron chi connectivity index (χ4n) is 0.280. The lowest BCUT2D eigenvalue weighted by atomic mass is 10.5.